The zero-order chi connectivity index (χ0) is 16.9. The van der Waals surface area contributed by atoms with Crippen LogP contribution in [-0.4, -0.2) is 22.1 Å². The van der Waals surface area contributed by atoms with E-state index in [1.165, 1.54) is 0 Å². The Morgan fingerprint density at radius 2 is 1.92 bits per heavy atom. The molecule has 0 aliphatic heterocycles. The van der Waals surface area contributed by atoms with E-state index in [4.69, 9.17) is 10.00 Å². The van der Waals surface area contributed by atoms with Crippen molar-refractivity contribution in [2.45, 2.75) is 6.92 Å². The number of aromatic nitrogens is 3. The maximum Gasteiger partial charge on any atom is 0.163 e. The van der Waals surface area contributed by atoms with Crippen molar-refractivity contribution in [3.05, 3.63) is 57.8 Å². The molecule has 0 saturated heterocycles. The second-order valence-corrected chi connectivity index (χ2v) is 5.89. The summed E-state index contributed by atoms with van der Waals surface area (Å²) in [4.78, 5) is 12.9. The van der Waals surface area contributed by atoms with E-state index in [2.05, 4.69) is 32.9 Å². The van der Waals surface area contributed by atoms with Gasteiger partial charge in [0.25, 0.3) is 0 Å². The molecular weight excluding hydrogens is 320 g/mol. The minimum absolute atomic E-state index is 0.485. The quantitative estimate of drug-likeness (QED) is 0.674. The topological polar surface area (TPSA) is 71.7 Å². The number of thiazole rings is 1. The summed E-state index contributed by atoms with van der Waals surface area (Å²) < 4.78 is 5.31. The van der Waals surface area contributed by atoms with Crippen molar-refractivity contribution in [3.8, 4) is 35.0 Å². The lowest BCUT2D eigenvalue weighted by molar-refractivity contribution is 0.416. The van der Waals surface area contributed by atoms with Crippen molar-refractivity contribution < 1.29 is 4.74 Å². The third-order valence-corrected chi connectivity index (χ3v) is 3.95. The van der Waals surface area contributed by atoms with Crippen LogP contribution in [0.3, 0.4) is 0 Å². The number of nitrogens with zero attached hydrogens (tertiary/aromatic N) is 4. The Hall–Kier alpha value is -3.22. The zero-order valence-corrected chi connectivity index (χ0v) is 13.9. The van der Waals surface area contributed by atoms with Crippen LogP contribution in [0, 0.1) is 30.1 Å². The predicted octanol–water partition coefficient (Wildman–Crippen LogP) is 3.19. The maximum absolute atomic E-state index is 9.04. The fourth-order valence-electron chi connectivity index (χ4n) is 2.04. The first-order chi connectivity index (χ1) is 11.7. The molecule has 0 saturated carbocycles. The molecule has 0 radical (unpaired) electrons. The van der Waals surface area contributed by atoms with Crippen molar-refractivity contribution in [3.63, 3.8) is 0 Å². The van der Waals surface area contributed by atoms with Crippen LogP contribution in [0.1, 0.15) is 21.8 Å². The fourth-order valence-corrected chi connectivity index (χ4v) is 2.59. The average molecular weight is 332 g/mol. The number of hydrogen-bond donors (Lipinski definition) is 0. The van der Waals surface area contributed by atoms with Gasteiger partial charge in [-0.15, -0.1) is 11.3 Å². The van der Waals surface area contributed by atoms with Crippen LogP contribution in [0.4, 0.5) is 0 Å². The molecule has 24 heavy (non-hydrogen) atoms. The molecule has 0 atom stereocenters. The van der Waals surface area contributed by atoms with Gasteiger partial charge in [-0.3, -0.25) is 0 Å². The van der Waals surface area contributed by atoms with Crippen LogP contribution >= 0.6 is 11.3 Å². The lowest BCUT2D eigenvalue weighted by Gasteiger charge is -2.07. The van der Waals surface area contributed by atoms with Crippen molar-refractivity contribution >= 4 is 11.3 Å². The third-order valence-electron chi connectivity index (χ3n) is 3.18. The normalized spacial score (nSPS) is 9.71. The average Bonchev–Trinajstić information content (AvgIpc) is 3.05. The summed E-state index contributed by atoms with van der Waals surface area (Å²) in [6.45, 7) is 1.94. The molecule has 0 N–H and O–H groups in total. The Kier molecular flexibility index (Phi) is 4.51. The molecule has 0 bridgehead atoms. The van der Waals surface area contributed by atoms with Crippen LogP contribution in [0.15, 0.2) is 36.0 Å². The van der Waals surface area contributed by atoms with Gasteiger partial charge in [0.1, 0.15) is 11.4 Å². The van der Waals surface area contributed by atoms with E-state index in [0.29, 0.717) is 28.3 Å². The fraction of sp³-hybridized carbons (Fsp3) is 0.111. The Morgan fingerprint density at radius 1 is 1.12 bits per heavy atom. The van der Waals surface area contributed by atoms with Crippen LogP contribution in [-0.2, 0) is 0 Å². The van der Waals surface area contributed by atoms with E-state index >= 15 is 0 Å². The Bertz CT molecular complexity index is 975. The number of nitriles is 1. The Balaban J connectivity index is 1.90. The first-order valence-corrected chi connectivity index (χ1v) is 7.92. The molecular formula is C18H12N4OS. The highest BCUT2D eigenvalue weighted by Crippen LogP contribution is 2.28. The minimum Gasteiger partial charge on any atom is -0.496 e. The van der Waals surface area contributed by atoms with Gasteiger partial charge in [0, 0.05) is 17.8 Å². The molecule has 116 valence electrons. The van der Waals surface area contributed by atoms with E-state index in [0.717, 1.165) is 10.7 Å². The molecule has 3 aromatic rings. The van der Waals surface area contributed by atoms with Crippen LogP contribution < -0.4 is 4.74 Å². The molecule has 0 aliphatic carbocycles. The van der Waals surface area contributed by atoms with E-state index in [1.54, 1.807) is 49.0 Å². The van der Waals surface area contributed by atoms with Gasteiger partial charge in [-0.2, -0.15) is 5.26 Å². The van der Waals surface area contributed by atoms with Gasteiger partial charge in [-0.05, 0) is 31.0 Å². The predicted molar refractivity (Wildman–Crippen MR) is 91.6 cm³/mol. The maximum atomic E-state index is 9.04. The largest absolute Gasteiger partial charge is 0.496 e. The van der Waals surface area contributed by atoms with E-state index in [-0.39, 0.29) is 0 Å². The summed E-state index contributed by atoms with van der Waals surface area (Å²) in [5.74, 6) is 7.07. The van der Waals surface area contributed by atoms with Gasteiger partial charge >= 0.3 is 0 Å². The van der Waals surface area contributed by atoms with E-state index < -0.39 is 0 Å². The molecule has 6 heteroatoms. The number of benzene rings is 1. The molecule has 0 spiro atoms. The molecule has 5 nitrogen and oxygen atoms in total. The highest BCUT2D eigenvalue weighted by molar-refractivity contribution is 7.09. The highest BCUT2D eigenvalue weighted by atomic mass is 32.1. The number of methoxy groups -OCH3 is 1. The first-order valence-electron chi connectivity index (χ1n) is 7.04. The van der Waals surface area contributed by atoms with Gasteiger partial charge in [0.2, 0.25) is 0 Å². The number of aryl methyl sites for hydroxylation is 1. The summed E-state index contributed by atoms with van der Waals surface area (Å²) in [5, 5.41) is 11.9. The highest BCUT2D eigenvalue weighted by Gasteiger charge is 2.09. The molecule has 0 amide bonds. The van der Waals surface area contributed by atoms with Crippen molar-refractivity contribution in [1.29, 1.82) is 5.26 Å². The van der Waals surface area contributed by atoms with Gasteiger partial charge in [-0.25, -0.2) is 15.0 Å². The number of rotatable bonds is 2. The Morgan fingerprint density at radius 3 is 2.54 bits per heavy atom. The molecule has 0 fully saturated rings. The van der Waals surface area contributed by atoms with Crippen molar-refractivity contribution in [1.82, 2.24) is 15.0 Å². The van der Waals surface area contributed by atoms with Crippen molar-refractivity contribution in [2.75, 3.05) is 7.11 Å². The van der Waals surface area contributed by atoms with Gasteiger partial charge in [0.05, 0.1) is 34.9 Å². The smallest absolute Gasteiger partial charge is 0.163 e. The standard InChI is InChI=1S/C18H12N4OS/c1-12-22-15(11-24-12)5-3-14-9-20-18(21-10-14)16-7-13(8-19)4-6-17(16)23-2/h4,6-7,9-11H,1-2H3. The number of ether oxygens (including phenoxy) is 1. The summed E-state index contributed by atoms with van der Waals surface area (Å²) in [6, 6.07) is 7.23. The second-order valence-electron chi connectivity index (χ2n) is 4.82. The summed E-state index contributed by atoms with van der Waals surface area (Å²) in [6.07, 6.45) is 3.29. The van der Waals surface area contributed by atoms with Crippen LogP contribution in [0.25, 0.3) is 11.4 Å². The third kappa shape index (κ3) is 3.40. The monoisotopic (exact) mass is 332 g/mol. The van der Waals surface area contributed by atoms with Gasteiger partial charge < -0.3 is 4.74 Å². The Labute approximate surface area is 143 Å². The summed E-state index contributed by atoms with van der Waals surface area (Å²) in [5.41, 5.74) is 2.63. The van der Waals surface area contributed by atoms with Crippen LogP contribution in [0.5, 0.6) is 5.75 Å². The molecule has 3 rings (SSSR count). The second kappa shape index (κ2) is 6.91. The molecule has 2 aromatic heterocycles. The molecule has 0 aliphatic rings. The SMILES string of the molecule is COc1ccc(C#N)cc1-c1ncc(C#Cc2csc(C)n2)cn1. The molecule has 1 aromatic carbocycles. The molecule has 0 unspecified atom stereocenters. The van der Waals surface area contributed by atoms with Crippen molar-refractivity contribution in [2.24, 2.45) is 0 Å². The first kappa shape index (κ1) is 15.7. The number of hydrogen-bond acceptors (Lipinski definition) is 6. The summed E-state index contributed by atoms with van der Waals surface area (Å²) >= 11 is 1.56. The zero-order valence-electron chi connectivity index (χ0n) is 13.1. The van der Waals surface area contributed by atoms with Gasteiger partial charge in [0.15, 0.2) is 5.82 Å². The van der Waals surface area contributed by atoms with Gasteiger partial charge in [-0.1, -0.05) is 5.92 Å². The lowest BCUT2D eigenvalue weighted by atomic mass is 10.1. The van der Waals surface area contributed by atoms with E-state index in [9.17, 15) is 0 Å². The summed E-state index contributed by atoms with van der Waals surface area (Å²) in [7, 11) is 1.57. The lowest BCUT2D eigenvalue weighted by Crippen LogP contribution is -1.94. The van der Waals surface area contributed by atoms with Crippen LogP contribution in [0.2, 0.25) is 0 Å². The minimum atomic E-state index is 0.485. The molecule has 2 heterocycles. The van der Waals surface area contributed by atoms with E-state index in [1.807, 2.05) is 12.3 Å².